The summed E-state index contributed by atoms with van der Waals surface area (Å²) in [7, 11) is 0. The van der Waals surface area contributed by atoms with E-state index in [0.717, 1.165) is 28.5 Å². The lowest BCUT2D eigenvalue weighted by Gasteiger charge is -2.22. The van der Waals surface area contributed by atoms with E-state index in [9.17, 15) is 0 Å². The predicted molar refractivity (Wildman–Crippen MR) is 146 cm³/mol. The zero-order valence-electron chi connectivity index (χ0n) is 20.0. The van der Waals surface area contributed by atoms with Crippen molar-refractivity contribution in [3.05, 3.63) is 95.6 Å². The van der Waals surface area contributed by atoms with Crippen LogP contribution in [0, 0.1) is 0 Å². The van der Waals surface area contributed by atoms with E-state index in [0.29, 0.717) is 24.9 Å². The lowest BCUT2D eigenvalue weighted by Crippen LogP contribution is -2.31. The maximum absolute atomic E-state index is 5.84. The van der Waals surface area contributed by atoms with Crippen LogP contribution < -0.4 is 20.2 Å². The molecule has 182 valence electrons. The Hall–Kier alpha value is -3.38. The van der Waals surface area contributed by atoms with Crippen LogP contribution in [0.3, 0.4) is 0 Å². The molecule has 6 heteroatoms. The van der Waals surface area contributed by atoms with Crippen molar-refractivity contribution in [1.29, 1.82) is 0 Å². The molecule has 1 aliphatic rings. The molecule has 2 N–H and O–H groups in total. The predicted octanol–water partition coefficient (Wildman–Crippen LogP) is 6.19. The number of benzene rings is 3. The molecular weight excluding hydrogens is 454 g/mol. The van der Waals surface area contributed by atoms with Crippen LogP contribution in [0.25, 0.3) is 0 Å². The van der Waals surface area contributed by atoms with Crippen molar-refractivity contribution >= 4 is 23.5 Å². The molecule has 0 atom stereocenters. The lowest BCUT2D eigenvalue weighted by molar-refractivity contribution is 0.217. The van der Waals surface area contributed by atoms with Gasteiger partial charge in [0.15, 0.2) is 5.11 Å². The highest BCUT2D eigenvalue weighted by Gasteiger charge is 2.15. The van der Waals surface area contributed by atoms with Gasteiger partial charge in [-0.25, -0.2) is 0 Å². The van der Waals surface area contributed by atoms with Crippen LogP contribution in [0.2, 0.25) is 0 Å². The molecule has 1 fully saturated rings. The normalized spacial score (nSPS) is 13.9. The van der Waals surface area contributed by atoms with Gasteiger partial charge in [-0.1, -0.05) is 61.7 Å². The highest BCUT2D eigenvalue weighted by Crippen LogP contribution is 2.33. The smallest absolute Gasteiger partial charge is 0.187 e. The average Bonchev–Trinajstić information content (AvgIpc) is 2.92. The molecule has 0 unspecified atom stereocenters. The first-order chi connectivity index (χ1) is 17.3. The maximum atomic E-state index is 5.84. The molecule has 0 heterocycles. The summed E-state index contributed by atoms with van der Waals surface area (Å²) in [4.78, 5) is 0. The third kappa shape index (κ3) is 8.41. The molecule has 3 aromatic carbocycles. The molecule has 5 nitrogen and oxygen atoms in total. The van der Waals surface area contributed by atoms with Crippen LogP contribution >= 0.6 is 12.2 Å². The van der Waals surface area contributed by atoms with Crippen LogP contribution in [0.4, 0.5) is 0 Å². The number of ether oxygens (including phenoxy) is 2. The number of nitrogens with one attached hydrogen (secondary N) is 2. The van der Waals surface area contributed by atoms with E-state index >= 15 is 0 Å². The molecule has 1 saturated carbocycles. The Kier molecular flexibility index (Phi) is 9.54. The highest BCUT2D eigenvalue weighted by molar-refractivity contribution is 7.80. The molecule has 0 aliphatic heterocycles. The third-order valence-electron chi connectivity index (χ3n) is 6.13. The minimum absolute atomic E-state index is 0.480. The van der Waals surface area contributed by atoms with Crippen LogP contribution in [-0.4, -0.2) is 24.5 Å². The Morgan fingerprint density at radius 2 is 1.46 bits per heavy atom. The summed E-state index contributed by atoms with van der Waals surface area (Å²) < 4.78 is 11.6. The van der Waals surface area contributed by atoms with E-state index in [4.69, 9.17) is 21.7 Å². The fraction of sp³-hybridized carbons (Fsp3) is 0.310. The van der Waals surface area contributed by atoms with Crippen LogP contribution in [0.5, 0.6) is 11.5 Å². The van der Waals surface area contributed by atoms with Gasteiger partial charge in [-0.05, 0) is 84.1 Å². The van der Waals surface area contributed by atoms with Crippen LogP contribution in [0.1, 0.15) is 54.7 Å². The van der Waals surface area contributed by atoms with Gasteiger partial charge in [-0.15, -0.1) is 0 Å². The van der Waals surface area contributed by atoms with E-state index in [2.05, 4.69) is 40.1 Å². The Bertz CT molecular complexity index is 1060. The number of hydrazone groups is 1. The summed E-state index contributed by atoms with van der Waals surface area (Å²) in [6, 6.07) is 26.4. The first-order valence-electron chi connectivity index (χ1n) is 12.3. The third-order valence-corrected chi connectivity index (χ3v) is 6.37. The number of thiocarbonyl (C=S) groups is 1. The highest BCUT2D eigenvalue weighted by atomic mass is 32.1. The van der Waals surface area contributed by atoms with E-state index in [1.54, 1.807) is 6.21 Å². The topological polar surface area (TPSA) is 54.9 Å². The van der Waals surface area contributed by atoms with Crippen molar-refractivity contribution in [1.82, 2.24) is 10.7 Å². The lowest BCUT2D eigenvalue weighted by atomic mass is 9.84. The van der Waals surface area contributed by atoms with Gasteiger partial charge in [0.1, 0.15) is 24.7 Å². The summed E-state index contributed by atoms with van der Waals surface area (Å²) in [6.45, 7) is 1.65. The number of nitrogens with zero attached hydrogens (tertiary/aromatic N) is 1. The monoisotopic (exact) mass is 487 g/mol. The molecule has 0 bridgehead atoms. The largest absolute Gasteiger partial charge is 0.490 e. The summed E-state index contributed by atoms with van der Waals surface area (Å²) in [5, 5.41) is 7.80. The SMILES string of the molecule is S=C(NCc1ccccc1)N/N=C/c1ccc(OCCOc2ccc(C3CCCCC3)cc2)cc1. The summed E-state index contributed by atoms with van der Waals surface area (Å²) in [5.74, 6) is 2.41. The Labute approximate surface area is 213 Å². The molecule has 0 amide bonds. The Morgan fingerprint density at radius 3 is 2.11 bits per heavy atom. The Morgan fingerprint density at radius 1 is 0.829 bits per heavy atom. The first-order valence-corrected chi connectivity index (χ1v) is 12.7. The molecular formula is C29H33N3O2S. The minimum atomic E-state index is 0.480. The molecule has 0 spiro atoms. The number of rotatable bonds is 10. The fourth-order valence-corrected chi connectivity index (χ4v) is 4.35. The van der Waals surface area contributed by atoms with E-state index < -0.39 is 0 Å². The van der Waals surface area contributed by atoms with Crippen molar-refractivity contribution in [3.8, 4) is 11.5 Å². The van der Waals surface area contributed by atoms with Crippen molar-refractivity contribution in [2.75, 3.05) is 13.2 Å². The second-order valence-corrected chi connectivity index (χ2v) is 9.12. The molecule has 1 aliphatic carbocycles. The van der Waals surface area contributed by atoms with Gasteiger partial charge in [0.25, 0.3) is 0 Å². The van der Waals surface area contributed by atoms with Gasteiger partial charge in [-0.3, -0.25) is 5.43 Å². The second kappa shape index (κ2) is 13.5. The molecule has 0 saturated heterocycles. The minimum Gasteiger partial charge on any atom is -0.490 e. The molecule has 3 aromatic rings. The van der Waals surface area contributed by atoms with Crippen molar-refractivity contribution in [2.24, 2.45) is 5.10 Å². The van der Waals surface area contributed by atoms with Crippen molar-refractivity contribution < 1.29 is 9.47 Å². The molecule has 35 heavy (non-hydrogen) atoms. The summed E-state index contributed by atoms with van der Waals surface area (Å²) in [5.41, 5.74) is 6.39. The zero-order chi connectivity index (χ0) is 24.1. The van der Waals surface area contributed by atoms with Gasteiger partial charge in [0, 0.05) is 6.54 Å². The summed E-state index contributed by atoms with van der Waals surface area (Å²) in [6.07, 6.45) is 8.44. The van der Waals surface area contributed by atoms with E-state index in [-0.39, 0.29) is 0 Å². The number of hydrogen-bond donors (Lipinski definition) is 2. The molecule has 0 radical (unpaired) electrons. The first kappa shape index (κ1) is 24.7. The van der Waals surface area contributed by atoms with Gasteiger partial charge in [0.2, 0.25) is 0 Å². The van der Waals surface area contributed by atoms with Crippen LogP contribution in [0.15, 0.2) is 84.0 Å². The number of hydrogen-bond acceptors (Lipinski definition) is 4. The molecule has 0 aromatic heterocycles. The van der Waals surface area contributed by atoms with Gasteiger partial charge in [-0.2, -0.15) is 5.10 Å². The quantitative estimate of drug-likeness (QED) is 0.155. The molecule has 4 rings (SSSR count). The van der Waals surface area contributed by atoms with Gasteiger partial charge < -0.3 is 14.8 Å². The van der Waals surface area contributed by atoms with Gasteiger partial charge in [0.05, 0.1) is 6.21 Å². The fourth-order valence-electron chi connectivity index (χ4n) is 4.22. The standard InChI is InChI=1S/C29H33N3O2S/c35-29(30-21-23-7-3-1-4-8-23)32-31-22-24-11-15-27(16-12-24)33-19-20-34-28-17-13-26(14-18-28)25-9-5-2-6-10-25/h1,3-4,7-8,11-18,22,25H,2,5-6,9-10,19-21H2,(H2,30,32,35)/b31-22+. The second-order valence-electron chi connectivity index (χ2n) is 8.71. The van der Waals surface area contributed by atoms with Gasteiger partial charge >= 0.3 is 0 Å². The zero-order valence-corrected chi connectivity index (χ0v) is 20.8. The Balaban J connectivity index is 1.12. The summed E-state index contributed by atoms with van der Waals surface area (Å²) >= 11 is 5.25. The maximum Gasteiger partial charge on any atom is 0.187 e. The van der Waals surface area contributed by atoms with E-state index in [1.807, 2.05) is 54.6 Å². The van der Waals surface area contributed by atoms with E-state index in [1.165, 1.54) is 37.7 Å². The van der Waals surface area contributed by atoms with Crippen molar-refractivity contribution in [2.45, 2.75) is 44.6 Å². The van der Waals surface area contributed by atoms with Crippen LogP contribution in [-0.2, 0) is 6.54 Å². The van der Waals surface area contributed by atoms with Crippen molar-refractivity contribution in [3.63, 3.8) is 0 Å². The average molecular weight is 488 g/mol.